The van der Waals surface area contributed by atoms with Crippen molar-refractivity contribution < 1.29 is 14.6 Å². The maximum Gasteiger partial charge on any atom is 0.312 e. The summed E-state index contributed by atoms with van der Waals surface area (Å²) in [5, 5.41) is 13.0. The number of hydrogen-bond donors (Lipinski definition) is 1. The maximum atomic E-state index is 10.7. The fourth-order valence-corrected chi connectivity index (χ4v) is 1.43. The molecule has 0 aliphatic rings. The molecule has 1 N–H and O–H groups in total. The first-order chi connectivity index (χ1) is 8.66. The Balaban J connectivity index is 2.13. The molecule has 0 amide bonds. The molecule has 92 valence electrons. The van der Waals surface area contributed by atoms with Crippen molar-refractivity contribution in [3.8, 4) is 11.4 Å². The third-order valence-corrected chi connectivity index (χ3v) is 2.48. The van der Waals surface area contributed by atoms with E-state index in [9.17, 15) is 4.79 Å². The van der Waals surface area contributed by atoms with Crippen LogP contribution in [-0.4, -0.2) is 26.1 Å². The van der Waals surface area contributed by atoms with Crippen LogP contribution in [0.3, 0.4) is 0 Å². The van der Waals surface area contributed by atoms with E-state index in [4.69, 9.17) is 5.11 Å². The fourth-order valence-electron chi connectivity index (χ4n) is 1.43. The number of rotatable bonds is 4. The van der Waals surface area contributed by atoms with Gasteiger partial charge in [0.15, 0.2) is 18.6 Å². The predicted octanol–water partition coefficient (Wildman–Crippen LogP) is 0.547. The molecule has 1 atom stereocenters. The lowest BCUT2D eigenvalue weighted by Gasteiger charge is -2.00. The van der Waals surface area contributed by atoms with Crippen LogP contribution >= 0.6 is 0 Å². The third-order valence-electron chi connectivity index (χ3n) is 2.48. The molecule has 0 aliphatic carbocycles. The Morgan fingerprint density at radius 1 is 1.44 bits per heavy atom. The number of aromatic nitrogens is 4. The number of carboxylic acid groups (broad SMARTS) is 1. The zero-order valence-corrected chi connectivity index (χ0v) is 9.89. The van der Waals surface area contributed by atoms with Crippen molar-refractivity contribution in [2.24, 2.45) is 5.92 Å². The van der Waals surface area contributed by atoms with Crippen LogP contribution < -0.4 is 4.68 Å². The highest BCUT2D eigenvalue weighted by atomic mass is 16.4. The van der Waals surface area contributed by atoms with E-state index in [0.29, 0.717) is 12.4 Å². The molecule has 2 aromatic rings. The average molecular weight is 245 g/mol. The fraction of sp³-hybridized carbons (Fsp3) is 0.250. The third kappa shape index (κ3) is 2.85. The molecule has 0 aromatic carbocycles. The summed E-state index contributed by atoms with van der Waals surface area (Å²) in [6.45, 7) is 1.98. The second-order valence-corrected chi connectivity index (χ2v) is 3.95. The minimum Gasteiger partial charge on any atom is -0.481 e. The minimum atomic E-state index is -0.834. The number of carboxylic acids is 1. The number of aliphatic carboxylic acids is 1. The van der Waals surface area contributed by atoms with Crippen molar-refractivity contribution in [2.75, 3.05) is 0 Å². The molecule has 0 spiro atoms. The molecule has 0 saturated carbocycles. The molecule has 0 fully saturated rings. The Kier molecular flexibility index (Phi) is 3.57. The van der Waals surface area contributed by atoms with Crippen LogP contribution in [0.4, 0.5) is 0 Å². The molecule has 2 heterocycles. The summed E-state index contributed by atoms with van der Waals surface area (Å²) in [6.07, 6.45) is 6.68. The standard InChI is InChI=1S/C12H12N4O2/c1-9(12(17)18)8-16-6-3-10(7-15-16)11-13-4-2-5-14-11/h2-7,9H,8H2,1H3/p+1/t9-/m0/s1. The van der Waals surface area contributed by atoms with Gasteiger partial charge in [-0.15, -0.1) is 0 Å². The summed E-state index contributed by atoms with van der Waals surface area (Å²) in [5.41, 5.74) is 0.801. The number of hydrogen-bond acceptors (Lipinski definition) is 4. The van der Waals surface area contributed by atoms with Gasteiger partial charge in [0.2, 0.25) is 0 Å². The molecule has 0 saturated heterocycles. The molecule has 0 radical (unpaired) electrons. The largest absolute Gasteiger partial charge is 0.481 e. The van der Waals surface area contributed by atoms with E-state index < -0.39 is 11.9 Å². The normalized spacial score (nSPS) is 12.1. The summed E-state index contributed by atoms with van der Waals surface area (Å²) >= 11 is 0. The molecular weight excluding hydrogens is 232 g/mol. The molecule has 0 aliphatic heterocycles. The van der Waals surface area contributed by atoms with Crippen molar-refractivity contribution in [1.29, 1.82) is 0 Å². The van der Waals surface area contributed by atoms with E-state index in [1.807, 2.05) is 6.07 Å². The Morgan fingerprint density at radius 2 is 2.17 bits per heavy atom. The Morgan fingerprint density at radius 3 is 2.72 bits per heavy atom. The summed E-state index contributed by atoms with van der Waals surface area (Å²) in [4.78, 5) is 19.0. The van der Waals surface area contributed by atoms with Gasteiger partial charge in [-0.05, 0) is 18.1 Å². The Bertz CT molecular complexity index is 528. The van der Waals surface area contributed by atoms with Gasteiger partial charge < -0.3 is 5.11 Å². The highest BCUT2D eigenvalue weighted by Crippen LogP contribution is 2.09. The van der Waals surface area contributed by atoms with E-state index in [2.05, 4.69) is 15.1 Å². The van der Waals surface area contributed by atoms with Crippen LogP contribution in [0.2, 0.25) is 0 Å². The van der Waals surface area contributed by atoms with Gasteiger partial charge in [0.05, 0.1) is 0 Å². The molecule has 6 heteroatoms. The second-order valence-electron chi connectivity index (χ2n) is 3.95. The lowest BCUT2D eigenvalue weighted by atomic mass is 10.2. The maximum absolute atomic E-state index is 10.7. The van der Waals surface area contributed by atoms with E-state index in [1.54, 1.807) is 42.5 Å². The van der Waals surface area contributed by atoms with Gasteiger partial charge in [0.1, 0.15) is 12.1 Å². The van der Waals surface area contributed by atoms with Crippen LogP contribution in [0.15, 0.2) is 36.9 Å². The molecule has 0 unspecified atom stereocenters. The first-order valence-electron chi connectivity index (χ1n) is 5.53. The molecule has 2 aromatic heterocycles. The van der Waals surface area contributed by atoms with Gasteiger partial charge in [-0.25, -0.2) is 9.97 Å². The molecule has 6 nitrogen and oxygen atoms in total. The van der Waals surface area contributed by atoms with Gasteiger partial charge >= 0.3 is 5.97 Å². The predicted molar refractivity (Wildman–Crippen MR) is 62.3 cm³/mol. The lowest BCUT2D eigenvalue weighted by molar-refractivity contribution is -0.757. The summed E-state index contributed by atoms with van der Waals surface area (Å²) < 4.78 is 1.59. The summed E-state index contributed by atoms with van der Waals surface area (Å²) in [5.74, 6) is -0.704. The van der Waals surface area contributed by atoms with Crippen molar-refractivity contribution in [3.63, 3.8) is 0 Å². The first-order valence-corrected chi connectivity index (χ1v) is 5.53. The van der Waals surface area contributed by atoms with Gasteiger partial charge in [-0.2, -0.15) is 0 Å². The van der Waals surface area contributed by atoms with Crippen LogP contribution in [0.25, 0.3) is 11.4 Å². The van der Waals surface area contributed by atoms with Crippen molar-refractivity contribution in [1.82, 2.24) is 15.1 Å². The van der Waals surface area contributed by atoms with Crippen LogP contribution in [-0.2, 0) is 11.3 Å². The highest BCUT2D eigenvalue weighted by molar-refractivity contribution is 5.69. The quantitative estimate of drug-likeness (QED) is 0.795. The van der Waals surface area contributed by atoms with Gasteiger partial charge in [0, 0.05) is 24.0 Å². The zero-order valence-electron chi connectivity index (χ0n) is 9.89. The van der Waals surface area contributed by atoms with Crippen molar-refractivity contribution in [2.45, 2.75) is 13.5 Å². The molecule has 2 rings (SSSR count). The number of carbonyl (C=O) groups is 1. The zero-order chi connectivity index (χ0) is 13.0. The Hall–Kier alpha value is -2.37. The average Bonchev–Trinajstić information content (AvgIpc) is 2.40. The van der Waals surface area contributed by atoms with Crippen molar-refractivity contribution in [3.05, 3.63) is 36.9 Å². The van der Waals surface area contributed by atoms with Gasteiger partial charge in [-0.1, -0.05) is 4.68 Å². The minimum absolute atomic E-state index is 0.339. The van der Waals surface area contributed by atoms with E-state index in [0.717, 1.165) is 5.56 Å². The molecule has 18 heavy (non-hydrogen) atoms. The van der Waals surface area contributed by atoms with E-state index >= 15 is 0 Å². The van der Waals surface area contributed by atoms with Crippen LogP contribution in [0.1, 0.15) is 6.92 Å². The Labute approximate surface area is 104 Å². The van der Waals surface area contributed by atoms with Gasteiger partial charge in [-0.3, -0.25) is 4.79 Å². The van der Waals surface area contributed by atoms with E-state index in [1.165, 1.54) is 0 Å². The van der Waals surface area contributed by atoms with Gasteiger partial charge in [0.25, 0.3) is 0 Å². The molecular formula is C12H13N4O2+. The summed E-state index contributed by atoms with van der Waals surface area (Å²) in [7, 11) is 0. The SMILES string of the molecule is C[C@@H](C[n+]1ccc(-c2ncccn2)cn1)C(=O)O. The second kappa shape index (κ2) is 5.31. The summed E-state index contributed by atoms with van der Waals surface area (Å²) in [6, 6.07) is 3.56. The van der Waals surface area contributed by atoms with Crippen LogP contribution in [0, 0.1) is 5.92 Å². The number of nitrogens with zero attached hydrogens (tertiary/aromatic N) is 4. The lowest BCUT2D eigenvalue weighted by Crippen LogP contribution is -2.42. The smallest absolute Gasteiger partial charge is 0.312 e. The monoisotopic (exact) mass is 245 g/mol. The highest BCUT2D eigenvalue weighted by Gasteiger charge is 2.17. The first kappa shape index (κ1) is 12.1. The van der Waals surface area contributed by atoms with E-state index in [-0.39, 0.29) is 0 Å². The van der Waals surface area contributed by atoms with Crippen LogP contribution in [0.5, 0.6) is 0 Å². The topological polar surface area (TPSA) is 79.8 Å². The molecule has 0 bridgehead atoms. The van der Waals surface area contributed by atoms with Crippen molar-refractivity contribution >= 4 is 5.97 Å².